The molecule has 96 valence electrons. The van der Waals surface area contributed by atoms with Gasteiger partial charge in [0.1, 0.15) is 17.5 Å². The van der Waals surface area contributed by atoms with Crippen LogP contribution >= 0.6 is 11.3 Å². The minimum Gasteiger partial charge on any atom is -0.383 e. The average Bonchev–Trinajstić information content (AvgIpc) is 2.82. The first kappa shape index (κ1) is 11.9. The predicted molar refractivity (Wildman–Crippen MR) is 78.8 cm³/mol. The molecule has 0 fully saturated rings. The lowest BCUT2D eigenvalue weighted by Crippen LogP contribution is -2.04. The van der Waals surface area contributed by atoms with Gasteiger partial charge in [0.25, 0.3) is 0 Å². The molecule has 19 heavy (non-hydrogen) atoms. The molecule has 0 spiro atoms. The molecular formula is C13H13N5S. The number of hydrogen-bond acceptors (Lipinski definition) is 6. The van der Waals surface area contributed by atoms with Crippen LogP contribution in [0, 0.1) is 13.8 Å². The van der Waals surface area contributed by atoms with E-state index in [1.807, 2.05) is 31.5 Å². The maximum absolute atomic E-state index is 5.85. The van der Waals surface area contributed by atoms with Crippen LogP contribution in [-0.2, 0) is 0 Å². The minimum atomic E-state index is 0.508. The van der Waals surface area contributed by atoms with Crippen molar-refractivity contribution < 1.29 is 0 Å². The first-order valence-electron chi connectivity index (χ1n) is 5.84. The van der Waals surface area contributed by atoms with Gasteiger partial charge in [0, 0.05) is 11.3 Å². The van der Waals surface area contributed by atoms with Gasteiger partial charge in [0.05, 0.1) is 15.7 Å². The Labute approximate surface area is 114 Å². The highest BCUT2D eigenvalue weighted by Crippen LogP contribution is 2.26. The molecule has 3 N–H and O–H groups in total. The minimum absolute atomic E-state index is 0.508. The van der Waals surface area contributed by atoms with Crippen LogP contribution in [-0.4, -0.2) is 15.0 Å². The summed E-state index contributed by atoms with van der Waals surface area (Å²) in [7, 11) is 0. The molecule has 6 heteroatoms. The van der Waals surface area contributed by atoms with E-state index >= 15 is 0 Å². The Morgan fingerprint density at radius 3 is 2.89 bits per heavy atom. The SMILES string of the molecule is Cc1nc(N)c(C)c(Nc2ccc3ncsc3c2)n1. The smallest absolute Gasteiger partial charge is 0.139 e. The third-order valence-corrected chi connectivity index (χ3v) is 3.68. The lowest BCUT2D eigenvalue weighted by atomic mass is 10.2. The van der Waals surface area contributed by atoms with Crippen molar-refractivity contribution in [1.82, 2.24) is 15.0 Å². The van der Waals surface area contributed by atoms with Crippen molar-refractivity contribution in [2.75, 3.05) is 11.1 Å². The van der Waals surface area contributed by atoms with E-state index in [9.17, 15) is 0 Å². The van der Waals surface area contributed by atoms with E-state index in [-0.39, 0.29) is 0 Å². The van der Waals surface area contributed by atoms with Crippen molar-refractivity contribution >= 4 is 38.9 Å². The number of aromatic nitrogens is 3. The second kappa shape index (κ2) is 4.47. The molecule has 0 aliphatic carbocycles. The maximum atomic E-state index is 5.85. The molecule has 3 aromatic rings. The zero-order valence-corrected chi connectivity index (χ0v) is 11.5. The first-order chi connectivity index (χ1) is 9.13. The van der Waals surface area contributed by atoms with Crippen LogP contribution in [0.15, 0.2) is 23.7 Å². The second-order valence-electron chi connectivity index (χ2n) is 4.29. The molecule has 0 atom stereocenters. The fourth-order valence-corrected chi connectivity index (χ4v) is 2.56. The number of nitrogen functional groups attached to an aromatic ring is 1. The molecule has 0 unspecified atom stereocenters. The molecule has 1 aromatic carbocycles. The number of hydrogen-bond donors (Lipinski definition) is 2. The third-order valence-electron chi connectivity index (χ3n) is 2.89. The summed E-state index contributed by atoms with van der Waals surface area (Å²) in [6.07, 6.45) is 0. The Morgan fingerprint density at radius 2 is 2.05 bits per heavy atom. The molecule has 0 radical (unpaired) electrons. The highest BCUT2D eigenvalue weighted by molar-refractivity contribution is 7.16. The van der Waals surface area contributed by atoms with E-state index in [1.54, 1.807) is 11.3 Å². The number of anilines is 3. The molecule has 0 bridgehead atoms. The fourth-order valence-electron chi connectivity index (χ4n) is 1.84. The van der Waals surface area contributed by atoms with Crippen molar-refractivity contribution in [3.05, 3.63) is 35.1 Å². The van der Waals surface area contributed by atoms with Crippen LogP contribution in [0.4, 0.5) is 17.3 Å². The molecule has 0 aliphatic rings. The Balaban J connectivity index is 2.00. The van der Waals surface area contributed by atoms with Crippen LogP contribution in [0.3, 0.4) is 0 Å². The van der Waals surface area contributed by atoms with Gasteiger partial charge in [-0.3, -0.25) is 0 Å². The summed E-state index contributed by atoms with van der Waals surface area (Å²) < 4.78 is 1.14. The summed E-state index contributed by atoms with van der Waals surface area (Å²) in [4.78, 5) is 12.8. The second-order valence-corrected chi connectivity index (χ2v) is 5.18. The van der Waals surface area contributed by atoms with E-state index in [2.05, 4.69) is 26.3 Å². The number of nitrogens with one attached hydrogen (secondary N) is 1. The van der Waals surface area contributed by atoms with Crippen molar-refractivity contribution in [3.8, 4) is 0 Å². The van der Waals surface area contributed by atoms with E-state index in [1.165, 1.54) is 0 Å². The highest BCUT2D eigenvalue weighted by Gasteiger charge is 2.07. The van der Waals surface area contributed by atoms with Gasteiger partial charge >= 0.3 is 0 Å². The summed E-state index contributed by atoms with van der Waals surface area (Å²) in [5, 5.41) is 3.28. The highest BCUT2D eigenvalue weighted by atomic mass is 32.1. The Bertz CT molecular complexity index is 750. The lowest BCUT2D eigenvalue weighted by molar-refractivity contribution is 1.04. The number of thiazole rings is 1. The Kier molecular flexibility index (Phi) is 2.79. The fraction of sp³-hybridized carbons (Fsp3) is 0.154. The summed E-state index contributed by atoms with van der Waals surface area (Å²) in [6, 6.07) is 6.02. The third kappa shape index (κ3) is 2.22. The molecule has 0 aliphatic heterocycles. The monoisotopic (exact) mass is 271 g/mol. The van der Waals surface area contributed by atoms with Gasteiger partial charge in [0.2, 0.25) is 0 Å². The van der Waals surface area contributed by atoms with E-state index in [4.69, 9.17) is 5.73 Å². The molecule has 0 saturated carbocycles. The topological polar surface area (TPSA) is 76.7 Å². The summed E-state index contributed by atoms with van der Waals surface area (Å²) in [6.45, 7) is 3.73. The summed E-state index contributed by atoms with van der Waals surface area (Å²) in [5.74, 6) is 1.91. The number of aryl methyl sites for hydroxylation is 1. The van der Waals surface area contributed by atoms with E-state index < -0.39 is 0 Å². The van der Waals surface area contributed by atoms with Gasteiger partial charge in [-0.15, -0.1) is 11.3 Å². The Morgan fingerprint density at radius 1 is 1.21 bits per heavy atom. The zero-order chi connectivity index (χ0) is 13.4. The van der Waals surface area contributed by atoms with Gasteiger partial charge in [0.15, 0.2) is 0 Å². The van der Waals surface area contributed by atoms with Crippen LogP contribution in [0.2, 0.25) is 0 Å². The van der Waals surface area contributed by atoms with Crippen molar-refractivity contribution in [1.29, 1.82) is 0 Å². The standard InChI is InChI=1S/C13H13N5S/c1-7-12(14)16-8(2)17-13(7)18-9-3-4-10-11(5-9)19-6-15-10/h3-6H,1-2H3,(H3,14,16,17,18). The molecule has 0 saturated heterocycles. The molecule has 3 rings (SSSR count). The first-order valence-corrected chi connectivity index (χ1v) is 6.72. The van der Waals surface area contributed by atoms with Crippen LogP contribution in [0.25, 0.3) is 10.2 Å². The molecular weight excluding hydrogens is 258 g/mol. The van der Waals surface area contributed by atoms with Gasteiger partial charge in [-0.05, 0) is 32.0 Å². The van der Waals surface area contributed by atoms with Crippen LogP contribution in [0.5, 0.6) is 0 Å². The Hall–Kier alpha value is -2.21. The van der Waals surface area contributed by atoms with Crippen molar-refractivity contribution in [2.45, 2.75) is 13.8 Å². The number of nitrogens with zero attached hydrogens (tertiary/aromatic N) is 3. The van der Waals surface area contributed by atoms with Gasteiger partial charge in [-0.25, -0.2) is 15.0 Å². The van der Waals surface area contributed by atoms with Crippen LogP contribution in [0.1, 0.15) is 11.4 Å². The molecule has 2 heterocycles. The number of fused-ring (bicyclic) bond motifs is 1. The summed E-state index contributed by atoms with van der Waals surface area (Å²) >= 11 is 1.61. The van der Waals surface area contributed by atoms with E-state index in [0.29, 0.717) is 11.6 Å². The van der Waals surface area contributed by atoms with Crippen LogP contribution < -0.4 is 11.1 Å². The van der Waals surface area contributed by atoms with Gasteiger partial charge in [-0.1, -0.05) is 0 Å². The van der Waals surface area contributed by atoms with Gasteiger partial charge < -0.3 is 11.1 Å². The van der Waals surface area contributed by atoms with Crippen molar-refractivity contribution in [2.24, 2.45) is 0 Å². The zero-order valence-electron chi connectivity index (χ0n) is 10.6. The van der Waals surface area contributed by atoms with Crippen molar-refractivity contribution in [3.63, 3.8) is 0 Å². The quantitative estimate of drug-likeness (QED) is 0.749. The van der Waals surface area contributed by atoms with Gasteiger partial charge in [-0.2, -0.15) is 0 Å². The number of rotatable bonds is 2. The molecule has 0 amide bonds. The average molecular weight is 271 g/mol. The maximum Gasteiger partial charge on any atom is 0.139 e. The molecule has 2 aromatic heterocycles. The lowest BCUT2D eigenvalue weighted by Gasteiger charge is -2.10. The summed E-state index contributed by atoms with van der Waals surface area (Å²) in [5.41, 5.74) is 10.5. The molecule has 5 nitrogen and oxygen atoms in total. The number of benzene rings is 1. The predicted octanol–water partition coefficient (Wildman–Crippen LogP) is 3.03. The normalized spacial score (nSPS) is 10.8. The van der Waals surface area contributed by atoms with E-state index in [0.717, 1.165) is 27.3 Å². The largest absolute Gasteiger partial charge is 0.383 e. The number of nitrogens with two attached hydrogens (primary N) is 1.